The Kier molecular flexibility index (Phi) is 5.18. The van der Waals surface area contributed by atoms with Gasteiger partial charge in [-0.1, -0.05) is 6.92 Å². The van der Waals surface area contributed by atoms with E-state index in [0.29, 0.717) is 12.6 Å². The van der Waals surface area contributed by atoms with E-state index in [1.165, 1.54) is 7.11 Å². The minimum absolute atomic E-state index is 0.0811. The first-order valence-corrected chi connectivity index (χ1v) is 5.79. The molecule has 16 heavy (non-hydrogen) atoms. The van der Waals surface area contributed by atoms with E-state index in [1.807, 2.05) is 6.92 Å². The van der Waals surface area contributed by atoms with Crippen LogP contribution in [0.1, 0.15) is 6.92 Å². The van der Waals surface area contributed by atoms with Crippen LogP contribution in [0, 0.1) is 5.92 Å². The van der Waals surface area contributed by atoms with Crippen LogP contribution >= 0.6 is 0 Å². The summed E-state index contributed by atoms with van der Waals surface area (Å²) in [5.41, 5.74) is 5.76. The number of nitrogens with zero attached hydrogens (tertiary/aromatic N) is 2. The van der Waals surface area contributed by atoms with Gasteiger partial charge in [-0.25, -0.2) is 0 Å². The number of nitrogens with two attached hydrogens (primary N) is 1. The molecule has 1 saturated heterocycles. The predicted octanol–water partition coefficient (Wildman–Crippen LogP) is -0.630. The molecule has 5 heteroatoms. The zero-order chi connectivity index (χ0) is 12.1. The summed E-state index contributed by atoms with van der Waals surface area (Å²) in [7, 11) is 3.53. The summed E-state index contributed by atoms with van der Waals surface area (Å²) in [4.78, 5) is 15.9. The molecule has 0 aliphatic carbocycles. The van der Waals surface area contributed by atoms with Crippen LogP contribution in [0.3, 0.4) is 0 Å². The lowest BCUT2D eigenvalue weighted by atomic mass is 10.1. The van der Waals surface area contributed by atoms with Gasteiger partial charge in [0.05, 0.1) is 13.0 Å². The van der Waals surface area contributed by atoms with Gasteiger partial charge in [0.15, 0.2) is 0 Å². The number of ether oxygens (including phenoxy) is 1. The number of hydrogen-bond donors (Lipinski definition) is 1. The van der Waals surface area contributed by atoms with Crippen LogP contribution in [0.2, 0.25) is 0 Å². The predicted molar refractivity (Wildman–Crippen MR) is 63.1 cm³/mol. The van der Waals surface area contributed by atoms with Crippen LogP contribution < -0.4 is 5.73 Å². The van der Waals surface area contributed by atoms with Crippen molar-refractivity contribution in [2.24, 2.45) is 11.7 Å². The van der Waals surface area contributed by atoms with Gasteiger partial charge in [0.2, 0.25) is 0 Å². The van der Waals surface area contributed by atoms with E-state index in [-0.39, 0.29) is 11.9 Å². The molecule has 0 saturated carbocycles. The fraction of sp³-hybridized carbons (Fsp3) is 0.909. The molecular weight excluding hydrogens is 206 g/mol. The van der Waals surface area contributed by atoms with Crippen LogP contribution in [-0.4, -0.2) is 68.7 Å². The molecule has 0 aromatic heterocycles. The molecule has 1 aliphatic heterocycles. The second kappa shape index (κ2) is 6.18. The van der Waals surface area contributed by atoms with Crippen molar-refractivity contribution >= 4 is 5.97 Å². The minimum Gasteiger partial charge on any atom is -0.469 e. The lowest BCUT2D eigenvalue weighted by Gasteiger charge is -2.40. The summed E-state index contributed by atoms with van der Waals surface area (Å²) < 4.78 is 4.74. The third kappa shape index (κ3) is 3.43. The van der Waals surface area contributed by atoms with E-state index in [9.17, 15) is 4.79 Å². The van der Waals surface area contributed by atoms with Gasteiger partial charge in [-0.3, -0.25) is 9.69 Å². The Morgan fingerprint density at radius 3 is 2.81 bits per heavy atom. The third-order valence-corrected chi connectivity index (χ3v) is 3.19. The number of esters is 1. The number of carbonyl (C=O) groups excluding carboxylic acids is 1. The van der Waals surface area contributed by atoms with Crippen molar-refractivity contribution in [1.29, 1.82) is 0 Å². The third-order valence-electron chi connectivity index (χ3n) is 3.19. The fourth-order valence-corrected chi connectivity index (χ4v) is 2.14. The van der Waals surface area contributed by atoms with E-state index < -0.39 is 0 Å². The highest BCUT2D eigenvalue weighted by atomic mass is 16.5. The van der Waals surface area contributed by atoms with E-state index in [2.05, 4.69) is 16.8 Å². The van der Waals surface area contributed by atoms with Crippen LogP contribution in [0.4, 0.5) is 0 Å². The first-order chi connectivity index (χ1) is 7.58. The minimum atomic E-state index is -0.144. The molecule has 0 radical (unpaired) electrons. The van der Waals surface area contributed by atoms with Crippen molar-refractivity contribution in [3.63, 3.8) is 0 Å². The molecule has 1 aliphatic rings. The molecule has 2 N–H and O–H groups in total. The molecule has 2 atom stereocenters. The van der Waals surface area contributed by atoms with Gasteiger partial charge in [-0.05, 0) is 7.05 Å². The Hall–Kier alpha value is -0.650. The molecule has 2 unspecified atom stereocenters. The number of methoxy groups -OCH3 is 1. The second-order valence-corrected chi connectivity index (χ2v) is 4.57. The van der Waals surface area contributed by atoms with Crippen molar-refractivity contribution < 1.29 is 9.53 Å². The number of carbonyl (C=O) groups is 1. The summed E-state index contributed by atoms with van der Waals surface area (Å²) in [6.07, 6.45) is 0. The standard InChI is InChI=1S/C11H23N3O2/c1-9(11(15)16-3)7-14-5-4-13(2)8-10(14)6-12/h9-10H,4-8,12H2,1-3H3. The van der Waals surface area contributed by atoms with Crippen molar-refractivity contribution in [3.8, 4) is 0 Å². The van der Waals surface area contributed by atoms with Gasteiger partial charge < -0.3 is 15.4 Å². The van der Waals surface area contributed by atoms with Crippen LogP contribution in [0.25, 0.3) is 0 Å². The zero-order valence-corrected chi connectivity index (χ0v) is 10.5. The topological polar surface area (TPSA) is 58.8 Å². The van der Waals surface area contributed by atoms with Gasteiger partial charge in [-0.2, -0.15) is 0 Å². The molecular formula is C11H23N3O2. The monoisotopic (exact) mass is 229 g/mol. The number of piperazine rings is 1. The Morgan fingerprint density at radius 2 is 2.25 bits per heavy atom. The second-order valence-electron chi connectivity index (χ2n) is 4.57. The van der Waals surface area contributed by atoms with Gasteiger partial charge >= 0.3 is 5.97 Å². The maximum atomic E-state index is 11.4. The molecule has 0 aromatic rings. The number of rotatable bonds is 4. The normalized spacial score (nSPS) is 25.4. The van der Waals surface area contributed by atoms with Crippen molar-refractivity contribution in [2.75, 3.05) is 46.9 Å². The Balaban J connectivity index is 2.48. The average molecular weight is 229 g/mol. The lowest BCUT2D eigenvalue weighted by molar-refractivity contribution is -0.145. The molecule has 1 rings (SSSR count). The van der Waals surface area contributed by atoms with Crippen molar-refractivity contribution in [3.05, 3.63) is 0 Å². The number of likely N-dealkylation sites (N-methyl/N-ethyl adjacent to an activating group) is 1. The summed E-state index contributed by atoms with van der Waals surface area (Å²) in [6.45, 7) is 6.26. The average Bonchev–Trinajstić information content (AvgIpc) is 2.30. The maximum absolute atomic E-state index is 11.4. The van der Waals surface area contributed by atoms with Gasteiger partial charge in [0.1, 0.15) is 0 Å². The molecule has 94 valence electrons. The summed E-state index contributed by atoms with van der Waals surface area (Å²) >= 11 is 0. The van der Waals surface area contributed by atoms with E-state index in [4.69, 9.17) is 10.5 Å². The largest absolute Gasteiger partial charge is 0.469 e. The van der Waals surface area contributed by atoms with Crippen LogP contribution in [-0.2, 0) is 9.53 Å². The van der Waals surface area contributed by atoms with Crippen LogP contribution in [0.15, 0.2) is 0 Å². The Bertz CT molecular complexity index is 235. The van der Waals surface area contributed by atoms with Gasteiger partial charge in [0, 0.05) is 38.8 Å². The highest BCUT2D eigenvalue weighted by Crippen LogP contribution is 2.11. The first kappa shape index (κ1) is 13.4. The molecule has 0 bridgehead atoms. The summed E-state index contributed by atoms with van der Waals surface area (Å²) in [5, 5.41) is 0. The summed E-state index contributed by atoms with van der Waals surface area (Å²) in [6, 6.07) is 0.353. The highest BCUT2D eigenvalue weighted by Gasteiger charge is 2.27. The quantitative estimate of drug-likeness (QED) is 0.651. The smallest absolute Gasteiger partial charge is 0.309 e. The molecule has 1 heterocycles. The van der Waals surface area contributed by atoms with Gasteiger partial charge in [-0.15, -0.1) is 0 Å². The Labute approximate surface area is 97.5 Å². The zero-order valence-electron chi connectivity index (χ0n) is 10.5. The molecule has 0 amide bonds. The maximum Gasteiger partial charge on any atom is 0.309 e. The molecule has 1 fully saturated rings. The SMILES string of the molecule is COC(=O)C(C)CN1CCN(C)CC1CN. The van der Waals surface area contributed by atoms with Gasteiger partial charge in [0.25, 0.3) is 0 Å². The fourth-order valence-electron chi connectivity index (χ4n) is 2.14. The first-order valence-electron chi connectivity index (χ1n) is 5.79. The molecule has 5 nitrogen and oxygen atoms in total. The molecule has 0 aromatic carbocycles. The van der Waals surface area contributed by atoms with Crippen molar-refractivity contribution in [1.82, 2.24) is 9.80 Å². The number of hydrogen-bond acceptors (Lipinski definition) is 5. The van der Waals surface area contributed by atoms with E-state index in [1.54, 1.807) is 0 Å². The van der Waals surface area contributed by atoms with E-state index >= 15 is 0 Å². The highest BCUT2D eigenvalue weighted by molar-refractivity contribution is 5.72. The van der Waals surface area contributed by atoms with E-state index in [0.717, 1.165) is 26.2 Å². The summed E-state index contributed by atoms with van der Waals surface area (Å²) in [5.74, 6) is -0.225. The van der Waals surface area contributed by atoms with Crippen LogP contribution in [0.5, 0.6) is 0 Å². The Morgan fingerprint density at radius 1 is 1.56 bits per heavy atom. The van der Waals surface area contributed by atoms with Crippen molar-refractivity contribution in [2.45, 2.75) is 13.0 Å². The lowest BCUT2D eigenvalue weighted by Crippen LogP contribution is -2.56. The molecule has 0 spiro atoms.